The standard InChI is InChI=1S/C38H42N2O/c1-25(2)32-16-11-17-33(26(3)4)38(32)40-19-18-39(24-40)37-27(5)20-31(21-28(37)6)41-23-36-34-14-9-7-12-29(34)22-30-13-8-10-15-35(30)36/h7-17,20-22,25-26H,18-19,23-24H2,1-6H3. The fraction of sp³-hybridized carbons (Fsp3) is 0.316. The van der Waals surface area contributed by atoms with E-state index < -0.39 is 0 Å². The fourth-order valence-corrected chi connectivity index (χ4v) is 6.75. The lowest BCUT2D eigenvalue weighted by molar-refractivity contribution is 0.308. The highest BCUT2D eigenvalue weighted by atomic mass is 16.5. The Morgan fingerprint density at radius 2 is 1.15 bits per heavy atom. The van der Waals surface area contributed by atoms with E-state index >= 15 is 0 Å². The van der Waals surface area contributed by atoms with Crippen LogP contribution in [-0.4, -0.2) is 19.8 Å². The van der Waals surface area contributed by atoms with E-state index in [9.17, 15) is 0 Å². The van der Waals surface area contributed by atoms with E-state index in [1.54, 1.807) is 0 Å². The summed E-state index contributed by atoms with van der Waals surface area (Å²) in [5, 5.41) is 5.03. The summed E-state index contributed by atoms with van der Waals surface area (Å²) in [7, 11) is 0. The van der Waals surface area contributed by atoms with Crippen molar-refractivity contribution in [2.75, 3.05) is 29.6 Å². The Morgan fingerprint density at radius 3 is 1.68 bits per heavy atom. The van der Waals surface area contributed by atoms with Gasteiger partial charge in [-0.1, -0.05) is 94.4 Å². The first kappa shape index (κ1) is 27.2. The summed E-state index contributed by atoms with van der Waals surface area (Å²) >= 11 is 0. The maximum atomic E-state index is 6.53. The third kappa shape index (κ3) is 5.14. The second-order valence-corrected chi connectivity index (χ2v) is 12.3. The van der Waals surface area contributed by atoms with Crippen molar-refractivity contribution in [3.05, 3.63) is 113 Å². The highest BCUT2D eigenvalue weighted by Gasteiger charge is 2.27. The number of rotatable bonds is 7. The van der Waals surface area contributed by atoms with Gasteiger partial charge < -0.3 is 14.5 Å². The predicted molar refractivity (Wildman–Crippen MR) is 176 cm³/mol. The maximum absolute atomic E-state index is 6.53. The molecule has 0 aliphatic carbocycles. The van der Waals surface area contributed by atoms with Gasteiger partial charge in [0.2, 0.25) is 0 Å². The number of benzene rings is 5. The molecule has 0 unspecified atom stereocenters. The van der Waals surface area contributed by atoms with Crippen molar-refractivity contribution >= 4 is 32.9 Å². The molecular formula is C38H42N2O. The van der Waals surface area contributed by atoms with E-state index in [0.29, 0.717) is 18.4 Å². The Balaban J connectivity index is 1.26. The van der Waals surface area contributed by atoms with Gasteiger partial charge in [-0.15, -0.1) is 0 Å². The minimum absolute atomic E-state index is 0.497. The smallest absolute Gasteiger partial charge is 0.120 e. The summed E-state index contributed by atoms with van der Waals surface area (Å²) in [5.74, 6) is 1.93. The van der Waals surface area contributed by atoms with E-state index in [0.717, 1.165) is 25.5 Å². The molecule has 210 valence electrons. The third-order valence-corrected chi connectivity index (χ3v) is 8.69. The number of fused-ring (bicyclic) bond motifs is 2. The van der Waals surface area contributed by atoms with Crippen LogP contribution in [0.3, 0.4) is 0 Å². The van der Waals surface area contributed by atoms with Gasteiger partial charge in [-0.3, -0.25) is 0 Å². The second kappa shape index (κ2) is 11.1. The summed E-state index contributed by atoms with van der Waals surface area (Å²) in [5.41, 5.74) is 9.48. The SMILES string of the molecule is Cc1cc(OCc2c3ccccc3cc3ccccc23)cc(C)c1N1CCN(c2c(C(C)C)cccc2C(C)C)C1. The quantitative estimate of drug-likeness (QED) is 0.190. The van der Waals surface area contributed by atoms with Crippen molar-refractivity contribution in [2.24, 2.45) is 0 Å². The number of nitrogens with zero attached hydrogens (tertiary/aromatic N) is 2. The molecule has 0 bridgehead atoms. The van der Waals surface area contributed by atoms with Crippen LogP contribution in [0.5, 0.6) is 5.75 Å². The molecule has 3 nitrogen and oxygen atoms in total. The van der Waals surface area contributed by atoms with Gasteiger partial charge in [-0.05, 0) is 87.7 Å². The Morgan fingerprint density at radius 1 is 0.634 bits per heavy atom. The van der Waals surface area contributed by atoms with E-state index in [1.165, 1.54) is 60.7 Å². The second-order valence-electron chi connectivity index (χ2n) is 12.3. The van der Waals surface area contributed by atoms with Gasteiger partial charge in [0, 0.05) is 30.0 Å². The van der Waals surface area contributed by atoms with Gasteiger partial charge in [0.15, 0.2) is 0 Å². The van der Waals surface area contributed by atoms with Crippen molar-refractivity contribution in [1.29, 1.82) is 0 Å². The van der Waals surface area contributed by atoms with Crippen molar-refractivity contribution in [2.45, 2.75) is 60.0 Å². The average Bonchev–Trinajstić information content (AvgIpc) is 3.43. The van der Waals surface area contributed by atoms with Crippen LogP contribution in [0.25, 0.3) is 21.5 Å². The molecule has 1 fully saturated rings. The van der Waals surface area contributed by atoms with Gasteiger partial charge in [0.1, 0.15) is 12.4 Å². The van der Waals surface area contributed by atoms with Crippen LogP contribution in [-0.2, 0) is 6.61 Å². The van der Waals surface area contributed by atoms with Gasteiger partial charge in [-0.2, -0.15) is 0 Å². The van der Waals surface area contributed by atoms with Crippen molar-refractivity contribution in [3.63, 3.8) is 0 Å². The van der Waals surface area contributed by atoms with Crippen LogP contribution in [0.4, 0.5) is 11.4 Å². The molecule has 41 heavy (non-hydrogen) atoms. The molecule has 0 spiro atoms. The van der Waals surface area contributed by atoms with Crippen LogP contribution >= 0.6 is 0 Å². The zero-order chi connectivity index (χ0) is 28.7. The van der Waals surface area contributed by atoms with Crippen molar-refractivity contribution in [1.82, 2.24) is 0 Å². The largest absolute Gasteiger partial charge is 0.489 e. The molecule has 0 saturated carbocycles. The minimum atomic E-state index is 0.497. The van der Waals surface area contributed by atoms with Crippen LogP contribution in [0.1, 0.15) is 67.3 Å². The lowest BCUT2D eigenvalue weighted by Crippen LogP contribution is -2.28. The molecule has 3 heteroatoms. The maximum Gasteiger partial charge on any atom is 0.120 e. The van der Waals surface area contributed by atoms with Gasteiger partial charge >= 0.3 is 0 Å². The molecule has 1 aliphatic rings. The highest BCUT2D eigenvalue weighted by Crippen LogP contribution is 2.39. The molecule has 1 aliphatic heterocycles. The van der Waals surface area contributed by atoms with Gasteiger partial charge in [0.05, 0.1) is 6.67 Å². The zero-order valence-corrected chi connectivity index (χ0v) is 25.4. The van der Waals surface area contributed by atoms with E-state index in [1.807, 2.05) is 0 Å². The number of hydrogen-bond donors (Lipinski definition) is 0. The number of para-hydroxylation sites is 1. The fourth-order valence-electron chi connectivity index (χ4n) is 6.75. The lowest BCUT2D eigenvalue weighted by Gasteiger charge is -2.29. The first-order valence-electron chi connectivity index (χ1n) is 15.1. The van der Waals surface area contributed by atoms with Gasteiger partial charge in [0.25, 0.3) is 0 Å². The summed E-state index contributed by atoms with van der Waals surface area (Å²) in [4.78, 5) is 5.15. The molecule has 0 radical (unpaired) electrons. The van der Waals surface area contributed by atoms with Gasteiger partial charge in [-0.25, -0.2) is 0 Å². The van der Waals surface area contributed by atoms with E-state index in [2.05, 4.69) is 136 Å². The molecule has 5 aromatic rings. The molecule has 1 saturated heterocycles. The van der Waals surface area contributed by atoms with Crippen LogP contribution in [0.2, 0.25) is 0 Å². The Labute approximate surface area is 245 Å². The highest BCUT2D eigenvalue weighted by molar-refractivity contribution is 6.02. The van der Waals surface area contributed by atoms with Crippen LogP contribution in [0.15, 0.2) is 84.9 Å². The van der Waals surface area contributed by atoms with Crippen LogP contribution in [0, 0.1) is 13.8 Å². The molecule has 0 amide bonds. The third-order valence-electron chi connectivity index (χ3n) is 8.69. The Bertz CT molecular complexity index is 1610. The molecule has 0 atom stereocenters. The summed E-state index contributed by atoms with van der Waals surface area (Å²) < 4.78 is 6.53. The molecule has 0 N–H and O–H groups in total. The molecule has 6 rings (SSSR count). The minimum Gasteiger partial charge on any atom is -0.489 e. The molecular weight excluding hydrogens is 500 g/mol. The Hall–Kier alpha value is -3.98. The summed E-state index contributed by atoms with van der Waals surface area (Å²) in [6, 6.07) is 30.8. The number of ether oxygens (including phenoxy) is 1. The normalized spacial score (nSPS) is 13.8. The summed E-state index contributed by atoms with van der Waals surface area (Å²) in [6.07, 6.45) is 0. The molecule has 0 aromatic heterocycles. The monoisotopic (exact) mass is 542 g/mol. The first-order valence-corrected chi connectivity index (χ1v) is 15.1. The van der Waals surface area contributed by atoms with Crippen LogP contribution < -0.4 is 14.5 Å². The van der Waals surface area contributed by atoms with Crippen molar-refractivity contribution < 1.29 is 4.74 Å². The molecule has 1 heterocycles. The number of anilines is 2. The average molecular weight is 543 g/mol. The number of aryl methyl sites for hydroxylation is 2. The van der Waals surface area contributed by atoms with E-state index in [4.69, 9.17) is 4.74 Å². The summed E-state index contributed by atoms with van der Waals surface area (Å²) in [6.45, 7) is 17.2. The van der Waals surface area contributed by atoms with E-state index in [-0.39, 0.29) is 0 Å². The molecule has 5 aromatic carbocycles. The Kier molecular flexibility index (Phi) is 7.38. The predicted octanol–water partition coefficient (Wildman–Crippen LogP) is 9.72. The zero-order valence-electron chi connectivity index (χ0n) is 25.4. The topological polar surface area (TPSA) is 15.7 Å². The first-order chi connectivity index (χ1) is 19.8. The van der Waals surface area contributed by atoms with Crippen molar-refractivity contribution in [3.8, 4) is 5.75 Å². The lowest BCUT2D eigenvalue weighted by atomic mass is 9.92. The number of hydrogen-bond acceptors (Lipinski definition) is 3.